The van der Waals surface area contributed by atoms with Crippen LogP contribution in [0.15, 0.2) is 36.4 Å². The fourth-order valence-corrected chi connectivity index (χ4v) is 2.21. The number of hydrogen-bond donors (Lipinski definition) is 0. The van der Waals surface area contributed by atoms with Gasteiger partial charge in [0.15, 0.2) is 11.3 Å². The smallest absolute Gasteiger partial charge is 0.268 e. The van der Waals surface area contributed by atoms with E-state index in [2.05, 4.69) is 10.2 Å². The highest BCUT2D eigenvalue weighted by molar-refractivity contribution is 6.29. The number of ether oxygens (including phenoxy) is 1. The lowest BCUT2D eigenvalue weighted by molar-refractivity contribution is -0.125. The number of benzene rings is 1. The summed E-state index contributed by atoms with van der Waals surface area (Å²) < 4.78 is 5.58. The Morgan fingerprint density at radius 3 is 2.80 bits per heavy atom. The largest absolute Gasteiger partial charge is 0.479 e. The molecule has 0 spiro atoms. The number of fused-ring (bicyclic) bond motifs is 1. The highest BCUT2D eigenvalue weighted by Crippen LogP contribution is 2.34. The van der Waals surface area contributed by atoms with Crippen molar-refractivity contribution in [1.82, 2.24) is 10.2 Å². The second-order valence-corrected chi connectivity index (χ2v) is 4.89. The zero-order valence-corrected chi connectivity index (χ0v) is 11.5. The van der Waals surface area contributed by atoms with Crippen molar-refractivity contribution in [2.75, 3.05) is 4.90 Å². The predicted octanol–water partition coefficient (Wildman–Crippen LogP) is 2.44. The molecule has 0 radical (unpaired) electrons. The van der Waals surface area contributed by atoms with Crippen LogP contribution in [-0.4, -0.2) is 22.2 Å². The molecule has 0 N–H and O–H groups in total. The number of nitrogens with zero attached hydrogens (tertiary/aromatic N) is 3. The van der Waals surface area contributed by atoms with Crippen molar-refractivity contribution in [3.63, 3.8) is 0 Å². The van der Waals surface area contributed by atoms with E-state index in [1.165, 1.54) is 0 Å². The topological polar surface area (TPSA) is 55.3 Å². The summed E-state index contributed by atoms with van der Waals surface area (Å²) in [6, 6.07) is 10.9. The minimum Gasteiger partial charge on any atom is -0.479 e. The first-order valence-electron chi connectivity index (χ1n) is 6.20. The monoisotopic (exact) mass is 289 g/mol. The van der Waals surface area contributed by atoms with E-state index in [1.807, 2.05) is 24.3 Å². The lowest BCUT2D eigenvalue weighted by Crippen LogP contribution is -2.44. The van der Waals surface area contributed by atoms with Gasteiger partial charge in [-0.2, -0.15) is 5.10 Å². The second-order valence-electron chi connectivity index (χ2n) is 4.50. The van der Waals surface area contributed by atoms with Gasteiger partial charge in [-0.1, -0.05) is 23.7 Å². The number of hydrogen-bond acceptors (Lipinski definition) is 4. The average Bonchev–Trinajstić information content (AvgIpc) is 2.46. The van der Waals surface area contributed by atoms with Crippen molar-refractivity contribution in [3.05, 3.63) is 47.2 Å². The second kappa shape index (κ2) is 5.09. The maximum Gasteiger partial charge on any atom is 0.268 e. The Kier molecular flexibility index (Phi) is 3.28. The first kappa shape index (κ1) is 12.9. The van der Waals surface area contributed by atoms with Gasteiger partial charge in [-0.15, -0.1) is 5.10 Å². The molecule has 2 aromatic rings. The van der Waals surface area contributed by atoms with Gasteiger partial charge in [0.1, 0.15) is 5.75 Å². The van der Waals surface area contributed by atoms with Gasteiger partial charge in [0, 0.05) is 0 Å². The Labute approximate surface area is 121 Å². The molecule has 2 heterocycles. The number of amides is 1. The van der Waals surface area contributed by atoms with Gasteiger partial charge >= 0.3 is 0 Å². The molecular weight excluding hydrogens is 278 g/mol. The molecule has 0 fully saturated rings. The lowest BCUT2D eigenvalue weighted by Gasteiger charge is -2.32. The Bertz CT molecular complexity index is 645. The number of halogens is 1. The third-order valence-corrected chi connectivity index (χ3v) is 3.28. The molecule has 20 heavy (non-hydrogen) atoms. The number of rotatable bonds is 2. The van der Waals surface area contributed by atoms with Gasteiger partial charge in [-0.25, -0.2) is 0 Å². The normalized spacial score (nSPS) is 17.6. The number of carbonyl (C=O) groups excluding carboxylic acids is 1. The van der Waals surface area contributed by atoms with Gasteiger partial charge in [0.2, 0.25) is 0 Å². The standard InChI is InChI=1S/C14H12ClN3O2/c1-9-14(19)18(8-10-6-7-13(15)17-16-10)11-4-2-3-5-12(11)20-9/h2-7,9H,8H2,1H3. The summed E-state index contributed by atoms with van der Waals surface area (Å²) >= 11 is 5.71. The summed E-state index contributed by atoms with van der Waals surface area (Å²) in [7, 11) is 0. The molecule has 6 heteroatoms. The molecule has 1 atom stereocenters. The summed E-state index contributed by atoms with van der Waals surface area (Å²) in [6.45, 7) is 2.08. The van der Waals surface area contributed by atoms with Crippen LogP contribution < -0.4 is 9.64 Å². The zero-order valence-electron chi connectivity index (χ0n) is 10.8. The van der Waals surface area contributed by atoms with Crippen LogP contribution in [0.2, 0.25) is 5.15 Å². The Hall–Kier alpha value is -2.14. The van der Waals surface area contributed by atoms with E-state index in [4.69, 9.17) is 16.3 Å². The molecule has 0 saturated heterocycles. The van der Waals surface area contributed by atoms with Crippen LogP contribution in [-0.2, 0) is 11.3 Å². The van der Waals surface area contributed by atoms with Gasteiger partial charge < -0.3 is 4.74 Å². The average molecular weight is 290 g/mol. The molecule has 0 aliphatic carbocycles. The molecular formula is C14H12ClN3O2. The highest BCUT2D eigenvalue weighted by Gasteiger charge is 2.31. The van der Waals surface area contributed by atoms with Gasteiger partial charge in [-0.05, 0) is 31.2 Å². The summed E-state index contributed by atoms with van der Waals surface area (Å²) in [6.07, 6.45) is -0.509. The summed E-state index contributed by atoms with van der Waals surface area (Å²) in [5.74, 6) is 0.599. The van der Waals surface area contributed by atoms with Crippen molar-refractivity contribution < 1.29 is 9.53 Å². The van der Waals surface area contributed by atoms with Crippen molar-refractivity contribution in [3.8, 4) is 5.75 Å². The SMILES string of the molecule is CC1Oc2ccccc2N(Cc2ccc(Cl)nn2)C1=O. The van der Waals surface area contributed by atoms with E-state index in [0.717, 1.165) is 5.69 Å². The first-order chi connectivity index (χ1) is 9.65. The van der Waals surface area contributed by atoms with Crippen molar-refractivity contribution >= 4 is 23.2 Å². The quantitative estimate of drug-likeness (QED) is 0.852. The maximum absolute atomic E-state index is 12.3. The molecule has 1 amide bonds. The molecule has 1 aromatic heterocycles. The molecule has 102 valence electrons. The minimum atomic E-state index is -0.509. The molecule has 1 aromatic carbocycles. The van der Waals surface area contributed by atoms with Crippen LogP contribution >= 0.6 is 11.6 Å². The van der Waals surface area contributed by atoms with Gasteiger partial charge in [-0.3, -0.25) is 9.69 Å². The predicted molar refractivity (Wildman–Crippen MR) is 74.8 cm³/mol. The van der Waals surface area contributed by atoms with Crippen LogP contribution in [0.3, 0.4) is 0 Å². The Morgan fingerprint density at radius 1 is 1.25 bits per heavy atom. The summed E-state index contributed by atoms with van der Waals surface area (Å²) in [5, 5.41) is 8.11. The van der Waals surface area contributed by atoms with Crippen LogP contribution in [0.25, 0.3) is 0 Å². The van der Waals surface area contributed by atoms with E-state index in [1.54, 1.807) is 24.0 Å². The Morgan fingerprint density at radius 2 is 2.05 bits per heavy atom. The van der Waals surface area contributed by atoms with Crippen LogP contribution in [0.4, 0.5) is 5.69 Å². The zero-order chi connectivity index (χ0) is 14.1. The lowest BCUT2D eigenvalue weighted by atomic mass is 10.1. The van der Waals surface area contributed by atoms with E-state index >= 15 is 0 Å². The third kappa shape index (κ3) is 2.32. The number of anilines is 1. The number of carbonyl (C=O) groups is 1. The fourth-order valence-electron chi connectivity index (χ4n) is 2.11. The molecule has 0 saturated carbocycles. The number of para-hydroxylation sites is 2. The summed E-state index contributed by atoms with van der Waals surface area (Å²) in [5.41, 5.74) is 1.42. The number of aromatic nitrogens is 2. The molecule has 3 rings (SSSR count). The first-order valence-corrected chi connectivity index (χ1v) is 6.58. The molecule has 1 aliphatic heterocycles. The van der Waals surface area contributed by atoms with Crippen LogP contribution in [0.5, 0.6) is 5.75 Å². The van der Waals surface area contributed by atoms with Crippen molar-refractivity contribution in [2.24, 2.45) is 0 Å². The van der Waals surface area contributed by atoms with Crippen LogP contribution in [0.1, 0.15) is 12.6 Å². The van der Waals surface area contributed by atoms with E-state index < -0.39 is 6.10 Å². The van der Waals surface area contributed by atoms with E-state index in [-0.39, 0.29) is 5.91 Å². The van der Waals surface area contributed by atoms with E-state index in [9.17, 15) is 4.79 Å². The maximum atomic E-state index is 12.3. The highest BCUT2D eigenvalue weighted by atomic mass is 35.5. The van der Waals surface area contributed by atoms with E-state index in [0.29, 0.717) is 23.1 Å². The molecule has 1 aliphatic rings. The summed E-state index contributed by atoms with van der Waals surface area (Å²) in [4.78, 5) is 13.9. The molecule has 5 nitrogen and oxygen atoms in total. The fraction of sp³-hybridized carbons (Fsp3) is 0.214. The minimum absolute atomic E-state index is 0.0968. The molecule has 0 bridgehead atoms. The third-order valence-electron chi connectivity index (χ3n) is 3.08. The molecule has 1 unspecified atom stereocenters. The van der Waals surface area contributed by atoms with Gasteiger partial charge in [0.05, 0.1) is 17.9 Å². The van der Waals surface area contributed by atoms with Crippen molar-refractivity contribution in [2.45, 2.75) is 19.6 Å². The van der Waals surface area contributed by atoms with Crippen LogP contribution in [0, 0.1) is 0 Å². The van der Waals surface area contributed by atoms with Crippen molar-refractivity contribution in [1.29, 1.82) is 0 Å². The van der Waals surface area contributed by atoms with Gasteiger partial charge in [0.25, 0.3) is 5.91 Å². The Balaban J connectivity index is 1.95.